The van der Waals surface area contributed by atoms with Gasteiger partial charge in [-0.15, -0.1) is 10.2 Å². The highest BCUT2D eigenvalue weighted by atomic mass is 32.1. The Hall–Kier alpha value is -2.52. The summed E-state index contributed by atoms with van der Waals surface area (Å²) in [4.78, 5) is 0. The van der Waals surface area contributed by atoms with Gasteiger partial charge < -0.3 is 0 Å². The molecule has 3 aromatic carbocycles. The fourth-order valence-corrected chi connectivity index (χ4v) is 3.86. The van der Waals surface area contributed by atoms with E-state index < -0.39 is 0 Å². The summed E-state index contributed by atoms with van der Waals surface area (Å²) in [6.07, 6.45) is 0. The number of hydrogen-bond donors (Lipinski definition) is 0. The lowest BCUT2D eigenvalue weighted by Crippen LogP contribution is -2.10. The Bertz CT molecular complexity index is 1040. The number of rotatable bonds is 2. The highest BCUT2D eigenvalue weighted by Gasteiger charge is 2.16. The molecule has 0 N–H and O–H groups in total. The molecular weight excluding hydrogens is 324 g/mol. The Morgan fingerprint density at radius 2 is 1.48 bits per heavy atom. The molecule has 0 aliphatic carbocycles. The monoisotopic (exact) mass is 344 g/mol. The molecule has 0 aliphatic heterocycles. The van der Waals surface area contributed by atoms with Crippen LogP contribution in [0.15, 0.2) is 66.7 Å². The van der Waals surface area contributed by atoms with Crippen LogP contribution in [0.3, 0.4) is 0 Å². The molecule has 0 spiro atoms. The zero-order valence-corrected chi connectivity index (χ0v) is 15.5. The van der Waals surface area contributed by atoms with E-state index in [0.29, 0.717) is 0 Å². The summed E-state index contributed by atoms with van der Waals surface area (Å²) < 4.78 is 0. The molecule has 0 saturated heterocycles. The molecule has 0 bridgehead atoms. The van der Waals surface area contributed by atoms with Crippen LogP contribution in [0.5, 0.6) is 0 Å². The molecule has 2 nitrogen and oxygen atoms in total. The van der Waals surface area contributed by atoms with Gasteiger partial charge in [0.05, 0.1) is 0 Å². The minimum Gasteiger partial charge on any atom is -0.138 e. The molecule has 0 unspecified atom stereocenters. The second-order valence-corrected chi connectivity index (χ2v) is 8.25. The zero-order valence-electron chi connectivity index (χ0n) is 14.7. The maximum absolute atomic E-state index is 4.47. The van der Waals surface area contributed by atoms with Crippen molar-refractivity contribution >= 4 is 22.1 Å². The van der Waals surface area contributed by atoms with E-state index >= 15 is 0 Å². The van der Waals surface area contributed by atoms with Crippen LogP contribution >= 0.6 is 11.3 Å². The zero-order chi connectivity index (χ0) is 17.4. The third-order valence-corrected chi connectivity index (χ3v) is 5.43. The van der Waals surface area contributed by atoms with Gasteiger partial charge in [-0.3, -0.25) is 0 Å². The summed E-state index contributed by atoms with van der Waals surface area (Å²) in [5.74, 6) is 0. The lowest BCUT2D eigenvalue weighted by molar-refractivity contribution is 0.590. The molecule has 0 radical (unpaired) electrons. The predicted octanol–water partition coefficient (Wildman–Crippen LogP) is 6.32. The highest BCUT2D eigenvalue weighted by Crippen LogP contribution is 2.35. The van der Waals surface area contributed by atoms with Gasteiger partial charge in [-0.25, -0.2) is 0 Å². The van der Waals surface area contributed by atoms with Gasteiger partial charge in [0.1, 0.15) is 10.0 Å². The van der Waals surface area contributed by atoms with Crippen LogP contribution in [0.25, 0.3) is 31.9 Å². The SMILES string of the molecule is CC(C)(C)c1cccc(-c2nnc(-c3cccc4ccccc34)s2)c1. The van der Waals surface area contributed by atoms with Crippen molar-refractivity contribution in [3.05, 3.63) is 72.3 Å². The van der Waals surface area contributed by atoms with Gasteiger partial charge in [0.15, 0.2) is 0 Å². The van der Waals surface area contributed by atoms with Crippen molar-refractivity contribution in [3.8, 4) is 21.1 Å². The average molecular weight is 344 g/mol. The van der Waals surface area contributed by atoms with E-state index in [4.69, 9.17) is 0 Å². The van der Waals surface area contributed by atoms with Crippen LogP contribution in [0.4, 0.5) is 0 Å². The molecule has 1 heterocycles. The lowest BCUT2D eigenvalue weighted by Gasteiger charge is -2.19. The van der Waals surface area contributed by atoms with Gasteiger partial charge in [-0.2, -0.15) is 0 Å². The second kappa shape index (κ2) is 6.08. The largest absolute Gasteiger partial charge is 0.148 e. The maximum Gasteiger partial charge on any atom is 0.148 e. The number of fused-ring (bicyclic) bond motifs is 1. The van der Waals surface area contributed by atoms with Crippen molar-refractivity contribution < 1.29 is 0 Å². The minimum absolute atomic E-state index is 0.124. The highest BCUT2D eigenvalue weighted by molar-refractivity contribution is 7.18. The number of benzene rings is 3. The van der Waals surface area contributed by atoms with E-state index in [9.17, 15) is 0 Å². The maximum atomic E-state index is 4.47. The Balaban J connectivity index is 1.78. The molecule has 0 atom stereocenters. The van der Waals surface area contributed by atoms with Crippen molar-refractivity contribution in [2.24, 2.45) is 0 Å². The van der Waals surface area contributed by atoms with Gasteiger partial charge in [0.2, 0.25) is 0 Å². The summed E-state index contributed by atoms with van der Waals surface area (Å²) in [5.41, 5.74) is 3.72. The first-order valence-corrected chi connectivity index (χ1v) is 9.26. The topological polar surface area (TPSA) is 25.8 Å². The molecule has 0 amide bonds. The van der Waals surface area contributed by atoms with E-state index in [1.165, 1.54) is 16.3 Å². The molecule has 3 heteroatoms. The van der Waals surface area contributed by atoms with Crippen LogP contribution in [0.2, 0.25) is 0 Å². The van der Waals surface area contributed by atoms with E-state index in [1.807, 2.05) is 0 Å². The molecule has 4 rings (SSSR count). The van der Waals surface area contributed by atoms with Gasteiger partial charge in [0, 0.05) is 11.1 Å². The van der Waals surface area contributed by atoms with E-state index in [0.717, 1.165) is 21.1 Å². The standard InChI is InChI=1S/C22H20N2S/c1-22(2,3)17-11-6-10-16(14-17)20-23-24-21(25-20)19-13-7-9-15-8-4-5-12-18(15)19/h4-14H,1-3H3. The number of hydrogen-bond acceptors (Lipinski definition) is 3. The van der Waals surface area contributed by atoms with Gasteiger partial charge in [0.25, 0.3) is 0 Å². The van der Waals surface area contributed by atoms with Crippen molar-refractivity contribution in [1.29, 1.82) is 0 Å². The summed E-state index contributed by atoms with van der Waals surface area (Å²) in [6.45, 7) is 6.69. The van der Waals surface area contributed by atoms with Gasteiger partial charge in [-0.1, -0.05) is 92.8 Å². The Morgan fingerprint density at radius 1 is 0.760 bits per heavy atom. The summed E-state index contributed by atoms with van der Waals surface area (Å²) in [5, 5.41) is 13.3. The normalized spacial score (nSPS) is 11.8. The summed E-state index contributed by atoms with van der Waals surface area (Å²) in [7, 11) is 0. The van der Waals surface area contributed by atoms with E-state index in [-0.39, 0.29) is 5.41 Å². The second-order valence-electron chi connectivity index (χ2n) is 7.27. The number of aromatic nitrogens is 2. The smallest absolute Gasteiger partial charge is 0.138 e. The quantitative estimate of drug-likeness (QED) is 0.425. The molecule has 0 saturated carbocycles. The van der Waals surface area contributed by atoms with Crippen molar-refractivity contribution in [3.63, 3.8) is 0 Å². The molecule has 124 valence electrons. The molecule has 4 aromatic rings. The molecule has 0 fully saturated rings. The summed E-state index contributed by atoms with van der Waals surface area (Å²) >= 11 is 1.65. The summed E-state index contributed by atoms with van der Waals surface area (Å²) in [6, 6.07) is 23.4. The first kappa shape index (κ1) is 16.0. The Labute approximate surface area is 152 Å². The Morgan fingerprint density at radius 3 is 2.32 bits per heavy atom. The van der Waals surface area contributed by atoms with Gasteiger partial charge >= 0.3 is 0 Å². The van der Waals surface area contributed by atoms with Crippen molar-refractivity contribution in [1.82, 2.24) is 10.2 Å². The predicted molar refractivity (Wildman–Crippen MR) is 107 cm³/mol. The average Bonchev–Trinajstić information content (AvgIpc) is 3.10. The van der Waals surface area contributed by atoms with E-state index in [1.54, 1.807) is 11.3 Å². The molecule has 25 heavy (non-hydrogen) atoms. The number of nitrogens with zero attached hydrogens (tertiary/aromatic N) is 2. The lowest BCUT2D eigenvalue weighted by atomic mass is 9.86. The Kier molecular flexibility index (Phi) is 3.89. The molecular formula is C22H20N2S. The minimum atomic E-state index is 0.124. The van der Waals surface area contributed by atoms with Gasteiger partial charge in [-0.05, 0) is 27.8 Å². The molecule has 0 aliphatic rings. The van der Waals surface area contributed by atoms with Crippen LogP contribution in [0.1, 0.15) is 26.3 Å². The fourth-order valence-electron chi connectivity index (χ4n) is 2.98. The third kappa shape index (κ3) is 3.08. The van der Waals surface area contributed by atoms with Crippen LogP contribution in [-0.2, 0) is 5.41 Å². The first-order chi connectivity index (χ1) is 12.0. The fraction of sp³-hybridized carbons (Fsp3) is 0.182. The van der Waals surface area contributed by atoms with Crippen LogP contribution in [-0.4, -0.2) is 10.2 Å². The first-order valence-electron chi connectivity index (χ1n) is 8.45. The third-order valence-electron chi connectivity index (χ3n) is 4.42. The van der Waals surface area contributed by atoms with Crippen LogP contribution < -0.4 is 0 Å². The van der Waals surface area contributed by atoms with Crippen molar-refractivity contribution in [2.45, 2.75) is 26.2 Å². The van der Waals surface area contributed by atoms with E-state index in [2.05, 4.69) is 97.7 Å². The van der Waals surface area contributed by atoms with Crippen LogP contribution in [0, 0.1) is 0 Å². The molecule has 1 aromatic heterocycles. The van der Waals surface area contributed by atoms with Crippen molar-refractivity contribution in [2.75, 3.05) is 0 Å².